The van der Waals surface area contributed by atoms with Crippen LogP contribution in [0.4, 0.5) is 0 Å². The largest absolute Gasteiger partial charge is 0.359 e. The number of rotatable bonds is 4. The van der Waals surface area contributed by atoms with Crippen LogP contribution in [0.2, 0.25) is 0 Å². The molecule has 1 radical (unpaired) electrons. The van der Waals surface area contributed by atoms with E-state index in [2.05, 4.69) is 89.0 Å². The van der Waals surface area contributed by atoms with Crippen molar-refractivity contribution in [3.63, 3.8) is 0 Å². The Hall–Kier alpha value is -1.38. The van der Waals surface area contributed by atoms with Crippen molar-refractivity contribution in [3.05, 3.63) is 41.7 Å². The molecule has 0 saturated heterocycles. The summed E-state index contributed by atoms with van der Waals surface area (Å²) in [5.41, 5.74) is 4.08. The number of hydrogen-bond donors (Lipinski definition) is 0. The lowest BCUT2D eigenvalue weighted by Crippen LogP contribution is -2.52. The fourth-order valence-electron chi connectivity index (χ4n) is 3.19. The molecule has 0 aliphatic carbocycles. The Morgan fingerprint density at radius 1 is 0.850 bits per heavy atom. The molecule has 2 nitrogen and oxygen atoms in total. The monoisotopic (exact) mass is 269 g/mol. The maximum Gasteiger partial charge on any atom is 0.208 e. The van der Waals surface area contributed by atoms with Gasteiger partial charge >= 0.3 is 0 Å². The average molecular weight is 269 g/mol. The van der Waals surface area contributed by atoms with E-state index in [1.54, 1.807) is 0 Å². The van der Waals surface area contributed by atoms with Gasteiger partial charge in [-0.15, -0.1) is 0 Å². The first-order valence-corrected chi connectivity index (χ1v) is 7.57. The van der Waals surface area contributed by atoms with Gasteiger partial charge in [-0.05, 0) is 41.5 Å². The summed E-state index contributed by atoms with van der Waals surface area (Å²) in [4.78, 5) is 5.03. The van der Waals surface area contributed by atoms with Crippen LogP contribution in [0.3, 0.4) is 0 Å². The minimum absolute atomic E-state index is 0.317. The van der Waals surface area contributed by atoms with Crippen LogP contribution >= 0.6 is 0 Å². The van der Waals surface area contributed by atoms with Gasteiger partial charge < -0.3 is 9.80 Å². The van der Waals surface area contributed by atoms with Gasteiger partial charge in [-0.1, -0.05) is 35.8 Å². The van der Waals surface area contributed by atoms with Crippen molar-refractivity contribution >= 4 is 12.7 Å². The van der Waals surface area contributed by atoms with Gasteiger partial charge in [-0.3, -0.25) is 0 Å². The molecule has 107 valence electrons. The predicted molar refractivity (Wildman–Crippen MR) is 87.9 cm³/mol. The van der Waals surface area contributed by atoms with Crippen LogP contribution in [0.1, 0.15) is 41.5 Å². The topological polar surface area (TPSA) is 6.48 Å². The Morgan fingerprint density at radius 2 is 1.30 bits per heavy atom. The van der Waals surface area contributed by atoms with E-state index in [9.17, 15) is 0 Å². The second kappa shape index (κ2) is 5.95. The minimum Gasteiger partial charge on any atom is -0.359 e. The summed E-state index contributed by atoms with van der Waals surface area (Å²) in [6.45, 7) is 13.6. The predicted octanol–water partition coefficient (Wildman–Crippen LogP) is 2.99. The highest BCUT2D eigenvalue weighted by Crippen LogP contribution is 2.31. The van der Waals surface area contributed by atoms with E-state index in [1.807, 2.05) is 0 Å². The Morgan fingerprint density at radius 3 is 1.70 bits per heavy atom. The number of nitrogens with zero attached hydrogens (tertiary/aromatic N) is 2. The van der Waals surface area contributed by atoms with E-state index in [0.717, 1.165) is 0 Å². The summed E-state index contributed by atoms with van der Waals surface area (Å²) in [6.07, 6.45) is 0. The molecule has 0 amide bonds. The smallest absolute Gasteiger partial charge is 0.208 e. The SMILES string of the molecule is CC1=C(C)N(C(C)C)C([B]c2ccccc2)N1C(C)C. The molecule has 1 heterocycles. The zero-order valence-corrected chi connectivity index (χ0v) is 13.6. The van der Waals surface area contributed by atoms with Crippen molar-refractivity contribution in [1.29, 1.82) is 0 Å². The first-order chi connectivity index (χ1) is 9.43. The quantitative estimate of drug-likeness (QED) is 0.775. The van der Waals surface area contributed by atoms with Crippen LogP contribution in [0.25, 0.3) is 0 Å². The molecule has 0 atom stereocenters. The van der Waals surface area contributed by atoms with Crippen LogP contribution in [-0.2, 0) is 0 Å². The molecular formula is C17H26BN2. The molecule has 0 aromatic heterocycles. The van der Waals surface area contributed by atoms with Crippen LogP contribution < -0.4 is 5.46 Å². The number of allylic oxidation sites excluding steroid dienone is 2. The molecule has 2 rings (SSSR count). The van der Waals surface area contributed by atoms with E-state index in [4.69, 9.17) is 0 Å². The zero-order valence-electron chi connectivity index (χ0n) is 13.6. The third-order valence-corrected chi connectivity index (χ3v) is 4.12. The highest BCUT2D eigenvalue weighted by molar-refractivity contribution is 6.55. The Kier molecular flexibility index (Phi) is 4.47. The lowest BCUT2D eigenvalue weighted by molar-refractivity contribution is 0.152. The third-order valence-electron chi connectivity index (χ3n) is 4.12. The Bertz CT molecular complexity index is 455. The molecule has 0 spiro atoms. The maximum absolute atomic E-state index is 2.52. The number of benzene rings is 1. The summed E-state index contributed by atoms with van der Waals surface area (Å²) in [7, 11) is 2.38. The molecule has 0 N–H and O–H groups in total. The normalized spacial score (nSPS) is 16.8. The lowest BCUT2D eigenvalue weighted by Gasteiger charge is -2.39. The molecule has 1 aromatic rings. The van der Waals surface area contributed by atoms with Crippen molar-refractivity contribution in [3.8, 4) is 0 Å². The van der Waals surface area contributed by atoms with Crippen LogP contribution in [0.5, 0.6) is 0 Å². The highest BCUT2D eigenvalue weighted by Gasteiger charge is 2.36. The van der Waals surface area contributed by atoms with Gasteiger partial charge in [-0.2, -0.15) is 0 Å². The van der Waals surface area contributed by atoms with Gasteiger partial charge in [-0.25, -0.2) is 0 Å². The standard InChI is InChI=1S/C17H26BN2/c1-12(2)19-14(5)15(6)20(13(3)4)17(19)18-16-10-8-7-9-11-16/h7-13,17H,1-6H3. The summed E-state index contributed by atoms with van der Waals surface area (Å²) < 4.78 is 0. The van der Waals surface area contributed by atoms with Gasteiger partial charge in [0.05, 0.1) is 6.07 Å². The average Bonchev–Trinajstić information content (AvgIpc) is 2.62. The zero-order chi connectivity index (χ0) is 14.9. The van der Waals surface area contributed by atoms with E-state index in [-0.39, 0.29) is 0 Å². The fraction of sp³-hybridized carbons (Fsp3) is 0.529. The first-order valence-electron chi connectivity index (χ1n) is 7.57. The van der Waals surface area contributed by atoms with Gasteiger partial charge in [0.25, 0.3) is 0 Å². The summed E-state index contributed by atoms with van der Waals surface area (Å²) in [6, 6.07) is 12.0. The van der Waals surface area contributed by atoms with Gasteiger partial charge in [0, 0.05) is 23.5 Å². The first kappa shape index (κ1) is 15.0. The fourth-order valence-corrected chi connectivity index (χ4v) is 3.19. The maximum atomic E-state index is 2.52. The van der Waals surface area contributed by atoms with Crippen molar-refractivity contribution in [2.75, 3.05) is 0 Å². The number of hydrogen-bond acceptors (Lipinski definition) is 2. The summed E-state index contributed by atoms with van der Waals surface area (Å²) in [5, 5.41) is 0. The van der Waals surface area contributed by atoms with Gasteiger partial charge in [0.15, 0.2) is 0 Å². The van der Waals surface area contributed by atoms with E-state index in [1.165, 1.54) is 16.9 Å². The van der Waals surface area contributed by atoms with Crippen molar-refractivity contribution < 1.29 is 0 Å². The Balaban J connectivity index is 2.32. The molecule has 0 fully saturated rings. The lowest BCUT2D eigenvalue weighted by atomic mass is 9.65. The Labute approximate surface area is 124 Å². The molecule has 1 aromatic carbocycles. The van der Waals surface area contributed by atoms with E-state index >= 15 is 0 Å². The molecule has 0 bridgehead atoms. The molecular weight excluding hydrogens is 243 g/mol. The highest BCUT2D eigenvalue weighted by atomic mass is 15.4. The second-order valence-corrected chi connectivity index (χ2v) is 6.16. The second-order valence-electron chi connectivity index (χ2n) is 6.16. The van der Waals surface area contributed by atoms with Crippen molar-refractivity contribution in [1.82, 2.24) is 9.80 Å². The van der Waals surface area contributed by atoms with Crippen LogP contribution in [-0.4, -0.2) is 35.2 Å². The van der Waals surface area contributed by atoms with Gasteiger partial charge in [0.2, 0.25) is 7.28 Å². The van der Waals surface area contributed by atoms with Crippen molar-refractivity contribution in [2.24, 2.45) is 0 Å². The molecule has 0 saturated carbocycles. The molecule has 1 aliphatic rings. The van der Waals surface area contributed by atoms with E-state index < -0.39 is 0 Å². The minimum atomic E-state index is 0.317. The van der Waals surface area contributed by atoms with Gasteiger partial charge in [0.1, 0.15) is 0 Å². The van der Waals surface area contributed by atoms with Crippen LogP contribution in [0.15, 0.2) is 41.7 Å². The summed E-state index contributed by atoms with van der Waals surface area (Å²) in [5.74, 6) is 0. The van der Waals surface area contributed by atoms with Crippen molar-refractivity contribution in [2.45, 2.75) is 59.7 Å². The van der Waals surface area contributed by atoms with E-state index in [0.29, 0.717) is 18.1 Å². The molecule has 20 heavy (non-hydrogen) atoms. The molecule has 1 aliphatic heterocycles. The molecule has 3 heteroatoms. The summed E-state index contributed by atoms with van der Waals surface area (Å²) >= 11 is 0. The molecule has 0 unspecified atom stereocenters. The third kappa shape index (κ3) is 2.72. The van der Waals surface area contributed by atoms with Crippen LogP contribution in [0, 0.1) is 0 Å².